The molecule has 4 heteroatoms. The molecule has 2 aliphatic heterocycles. The van der Waals surface area contributed by atoms with Gasteiger partial charge in [-0.25, -0.2) is 0 Å². The smallest absolute Gasteiger partial charge is 0.0356 e. The number of hydrogen-bond acceptors (Lipinski definition) is 3. The molecule has 1 nitrogen and oxygen atoms in total. The number of nitrogens with zero attached hydrogens (tertiary/aromatic N) is 1. The minimum atomic E-state index is 0.803. The predicted molar refractivity (Wildman–Crippen MR) is 113 cm³/mol. The fourth-order valence-corrected chi connectivity index (χ4v) is 5.52. The molecule has 0 N–H and O–H groups in total. The van der Waals surface area contributed by atoms with Crippen molar-refractivity contribution in [1.29, 1.82) is 0 Å². The second-order valence-corrected chi connectivity index (χ2v) is 9.36. The van der Waals surface area contributed by atoms with Crippen LogP contribution in [0.5, 0.6) is 0 Å². The molecule has 1 unspecified atom stereocenters. The van der Waals surface area contributed by atoms with Gasteiger partial charge in [0.15, 0.2) is 0 Å². The Morgan fingerprint density at radius 2 is 1.79 bits per heavy atom. The van der Waals surface area contributed by atoms with Gasteiger partial charge in [0.05, 0.1) is 0 Å². The Morgan fingerprint density at radius 1 is 1.12 bits per heavy atom. The second kappa shape index (κ2) is 9.33. The Kier molecular flexibility index (Phi) is 7.14. The third-order valence-electron chi connectivity index (χ3n) is 4.82. The van der Waals surface area contributed by atoms with Crippen molar-refractivity contribution >= 4 is 44.2 Å². The largest absolute Gasteiger partial charge is 0.300 e. The molecule has 2 aromatic heterocycles. The van der Waals surface area contributed by atoms with E-state index in [1.54, 1.807) is 11.1 Å². The van der Waals surface area contributed by atoms with E-state index in [0.29, 0.717) is 0 Å². The van der Waals surface area contributed by atoms with Crippen LogP contribution < -0.4 is 0 Å². The number of rotatable bonds is 2. The summed E-state index contributed by atoms with van der Waals surface area (Å²) in [5.41, 5.74) is 3.24. The molecule has 0 aliphatic carbocycles. The van der Waals surface area contributed by atoms with Crippen LogP contribution in [0.15, 0.2) is 40.6 Å². The number of piperidine rings is 2. The van der Waals surface area contributed by atoms with Crippen LogP contribution in [0.1, 0.15) is 48.8 Å². The van der Waals surface area contributed by atoms with Crippen LogP contribution in [0.25, 0.3) is 5.57 Å². The molecular formula is C20H26BrNS2. The van der Waals surface area contributed by atoms with Crippen molar-refractivity contribution in [2.45, 2.75) is 45.1 Å². The maximum Gasteiger partial charge on any atom is 0.0356 e. The second-order valence-electron chi connectivity index (χ2n) is 6.34. The van der Waals surface area contributed by atoms with Crippen LogP contribution in [0, 0.1) is 0 Å². The molecule has 1 atom stereocenters. The lowest BCUT2D eigenvalue weighted by Gasteiger charge is -2.40. The van der Waals surface area contributed by atoms with Gasteiger partial charge < -0.3 is 0 Å². The minimum absolute atomic E-state index is 0.803. The third kappa shape index (κ3) is 4.40. The molecule has 0 saturated carbocycles. The Bertz CT molecular complexity index is 594. The lowest BCUT2D eigenvalue weighted by Crippen LogP contribution is -2.43. The van der Waals surface area contributed by atoms with Crippen LogP contribution >= 0.6 is 38.6 Å². The van der Waals surface area contributed by atoms with Gasteiger partial charge in [-0.3, -0.25) is 4.90 Å². The van der Waals surface area contributed by atoms with Crippen molar-refractivity contribution in [3.05, 3.63) is 50.4 Å². The van der Waals surface area contributed by atoms with Crippen LogP contribution in [-0.2, 0) is 0 Å². The first-order chi connectivity index (χ1) is 11.8. The van der Waals surface area contributed by atoms with Gasteiger partial charge >= 0.3 is 0 Å². The van der Waals surface area contributed by atoms with Gasteiger partial charge in [-0.05, 0) is 55.1 Å². The van der Waals surface area contributed by atoms with Gasteiger partial charge in [0.25, 0.3) is 0 Å². The fourth-order valence-electron chi connectivity index (χ4n) is 3.79. The zero-order valence-electron chi connectivity index (χ0n) is 14.3. The summed E-state index contributed by atoms with van der Waals surface area (Å²) in [6.07, 6.45) is 6.75. The molecule has 0 aromatic carbocycles. The van der Waals surface area contributed by atoms with Crippen molar-refractivity contribution in [2.75, 3.05) is 18.4 Å². The number of fused-ring (bicyclic) bond motifs is 1. The normalized spacial score (nSPS) is 20.9. The first kappa shape index (κ1) is 18.4. The highest BCUT2D eigenvalue weighted by molar-refractivity contribution is 9.09. The maximum absolute atomic E-state index is 3.15. The third-order valence-corrected chi connectivity index (χ3v) is 6.60. The highest BCUT2D eigenvalue weighted by Gasteiger charge is 2.29. The molecular weight excluding hydrogens is 398 g/mol. The Morgan fingerprint density at radius 3 is 2.38 bits per heavy atom. The van der Waals surface area contributed by atoms with Gasteiger partial charge in [-0.15, -0.1) is 22.7 Å². The molecule has 2 fully saturated rings. The van der Waals surface area contributed by atoms with E-state index in [-0.39, 0.29) is 0 Å². The summed E-state index contributed by atoms with van der Waals surface area (Å²) < 4.78 is 0. The van der Waals surface area contributed by atoms with Crippen molar-refractivity contribution in [3.8, 4) is 0 Å². The average Bonchev–Trinajstić information content (AvgIpc) is 3.30. The van der Waals surface area contributed by atoms with Crippen LogP contribution in [0.3, 0.4) is 0 Å². The SMILES string of the molecule is CCBr.c1csc(C(=C2CCN3CCCCC3C2)c2cccs2)c1. The summed E-state index contributed by atoms with van der Waals surface area (Å²) in [5.74, 6) is 0. The topological polar surface area (TPSA) is 3.24 Å². The summed E-state index contributed by atoms with van der Waals surface area (Å²) in [6.45, 7) is 4.63. The van der Waals surface area contributed by atoms with Crippen LogP contribution in [0.2, 0.25) is 0 Å². The predicted octanol–water partition coefficient (Wildman–Crippen LogP) is 6.66. The van der Waals surface area contributed by atoms with Crippen molar-refractivity contribution in [2.24, 2.45) is 0 Å². The molecule has 2 aliphatic rings. The molecule has 0 spiro atoms. The van der Waals surface area contributed by atoms with Crippen molar-refractivity contribution in [1.82, 2.24) is 4.90 Å². The highest BCUT2D eigenvalue weighted by atomic mass is 79.9. The van der Waals surface area contributed by atoms with Crippen molar-refractivity contribution < 1.29 is 0 Å². The van der Waals surface area contributed by atoms with E-state index >= 15 is 0 Å². The first-order valence-electron chi connectivity index (χ1n) is 8.93. The van der Waals surface area contributed by atoms with Crippen molar-refractivity contribution in [3.63, 3.8) is 0 Å². The van der Waals surface area contributed by atoms with Gasteiger partial charge in [-0.2, -0.15) is 0 Å². The molecule has 130 valence electrons. The molecule has 0 radical (unpaired) electrons. The van der Waals surface area contributed by atoms with E-state index in [9.17, 15) is 0 Å². The zero-order chi connectivity index (χ0) is 16.8. The van der Waals surface area contributed by atoms with Crippen LogP contribution in [0.4, 0.5) is 0 Å². The summed E-state index contributed by atoms with van der Waals surface area (Å²) in [6, 6.07) is 9.76. The number of alkyl halides is 1. The van der Waals surface area contributed by atoms with E-state index in [1.165, 1.54) is 54.9 Å². The monoisotopic (exact) mass is 423 g/mol. The maximum atomic E-state index is 3.15. The van der Waals surface area contributed by atoms with E-state index in [0.717, 1.165) is 11.4 Å². The summed E-state index contributed by atoms with van der Waals surface area (Å²) in [4.78, 5) is 5.64. The molecule has 4 heterocycles. The zero-order valence-corrected chi connectivity index (χ0v) is 17.6. The summed E-state index contributed by atoms with van der Waals surface area (Å²) in [5, 5.41) is 5.48. The Labute approximate surface area is 162 Å². The molecule has 0 amide bonds. The van der Waals surface area contributed by atoms with E-state index in [4.69, 9.17) is 0 Å². The number of hydrogen-bond donors (Lipinski definition) is 0. The Balaban J connectivity index is 0.000000526. The number of thiophene rings is 2. The van der Waals surface area contributed by atoms with E-state index in [2.05, 4.69) is 55.9 Å². The van der Waals surface area contributed by atoms with Gasteiger partial charge in [0.1, 0.15) is 0 Å². The minimum Gasteiger partial charge on any atom is -0.300 e. The standard InChI is InChI=1S/C18H21NS2.C2H5Br/c1-2-9-19-10-8-14(13-15(19)5-1)18(16-6-3-11-20-16)17-7-4-12-21-17;1-2-3/h3-4,6-7,11-12,15H,1-2,5,8-10,13H2;2H2,1H3. The molecule has 2 aromatic rings. The van der Waals surface area contributed by atoms with E-state index < -0.39 is 0 Å². The summed E-state index contributed by atoms with van der Waals surface area (Å²) >= 11 is 6.92. The quantitative estimate of drug-likeness (QED) is 0.487. The van der Waals surface area contributed by atoms with Crippen LogP contribution in [-0.4, -0.2) is 29.4 Å². The van der Waals surface area contributed by atoms with Gasteiger partial charge in [-0.1, -0.05) is 47.0 Å². The van der Waals surface area contributed by atoms with Gasteiger partial charge in [0.2, 0.25) is 0 Å². The molecule has 0 bridgehead atoms. The highest BCUT2D eigenvalue weighted by Crippen LogP contribution is 2.39. The average molecular weight is 424 g/mol. The molecule has 4 rings (SSSR count). The molecule has 24 heavy (non-hydrogen) atoms. The van der Waals surface area contributed by atoms with E-state index in [1.807, 2.05) is 29.6 Å². The first-order valence-corrected chi connectivity index (χ1v) is 11.8. The lowest BCUT2D eigenvalue weighted by atomic mass is 9.86. The number of halogens is 1. The Hall–Kier alpha value is -0.420. The van der Waals surface area contributed by atoms with Gasteiger partial charge in [0, 0.05) is 33.2 Å². The molecule has 2 saturated heterocycles. The fraction of sp³-hybridized carbons (Fsp3) is 0.500. The lowest BCUT2D eigenvalue weighted by molar-refractivity contribution is 0.130. The summed E-state index contributed by atoms with van der Waals surface area (Å²) in [7, 11) is 0.